The molecule has 2 heterocycles. The van der Waals surface area contributed by atoms with Crippen molar-refractivity contribution in [2.24, 2.45) is 5.92 Å². The van der Waals surface area contributed by atoms with Gasteiger partial charge in [-0.05, 0) is 19.8 Å². The minimum absolute atomic E-state index is 0.248. The molecule has 0 aromatic carbocycles. The molecule has 1 aromatic heterocycles. The zero-order chi connectivity index (χ0) is 17.4. The lowest BCUT2D eigenvalue weighted by Crippen LogP contribution is -2.49. The van der Waals surface area contributed by atoms with E-state index in [1.165, 1.54) is 4.31 Å². The Bertz CT molecular complexity index is 674. The van der Waals surface area contributed by atoms with Gasteiger partial charge in [-0.15, -0.1) is 0 Å². The van der Waals surface area contributed by atoms with Gasteiger partial charge in [-0.2, -0.15) is 4.31 Å². The average Bonchev–Trinajstić information content (AvgIpc) is 2.86. The van der Waals surface area contributed by atoms with Crippen LogP contribution in [0.1, 0.15) is 52.0 Å². The van der Waals surface area contributed by atoms with E-state index in [0.717, 1.165) is 0 Å². The van der Waals surface area contributed by atoms with Gasteiger partial charge < -0.3 is 9.63 Å². The van der Waals surface area contributed by atoms with E-state index in [9.17, 15) is 18.3 Å². The number of carbonyl (C=O) groups is 1. The molecule has 1 N–H and O–H groups in total. The van der Waals surface area contributed by atoms with Gasteiger partial charge in [0.2, 0.25) is 10.0 Å². The molecule has 1 fully saturated rings. The van der Waals surface area contributed by atoms with Crippen LogP contribution < -0.4 is 0 Å². The van der Waals surface area contributed by atoms with E-state index in [1.54, 1.807) is 13.0 Å². The van der Waals surface area contributed by atoms with Crippen molar-refractivity contribution in [2.75, 3.05) is 6.54 Å². The molecular formula is C15H24N2O5S. The minimum atomic E-state index is -3.64. The molecule has 0 radical (unpaired) electrons. The molecule has 1 saturated heterocycles. The minimum Gasteiger partial charge on any atom is -0.481 e. The third-order valence-corrected chi connectivity index (χ3v) is 6.12. The van der Waals surface area contributed by atoms with Crippen molar-refractivity contribution in [3.63, 3.8) is 0 Å². The average molecular weight is 344 g/mol. The van der Waals surface area contributed by atoms with E-state index in [-0.39, 0.29) is 11.2 Å². The highest BCUT2D eigenvalue weighted by Crippen LogP contribution is 2.28. The molecule has 8 heteroatoms. The first-order valence-corrected chi connectivity index (χ1v) is 9.31. The zero-order valence-corrected chi connectivity index (χ0v) is 14.8. The van der Waals surface area contributed by atoms with Crippen LogP contribution >= 0.6 is 0 Å². The third kappa shape index (κ3) is 3.92. The Balaban J connectivity index is 2.18. The van der Waals surface area contributed by atoms with Gasteiger partial charge in [-0.3, -0.25) is 4.79 Å². The van der Waals surface area contributed by atoms with Crippen LogP contribution in [0.25, 0.3) is 0 Å². The number of piperidine rings is 1. The summed E-state index contributed by atoms with van der Waals surface area (Å²) in [6.45, 7) is 7.86. The summed E-state index contributed by atoms with van der Waals surface area (Å²) in [6, 6.07) is 1.10. The lowest BCUT2D eigenvalue weighted by atomic mass is 9.92. The Morgan fingerprint density at radius 2 is 2.13 bits per heavy atom. The van der Waals surface area contributed by atoms with Crippen LogP contribution in [0.4, 0.5) is 0 Å². The van der Waals surface area contributed by atoms with Crippen LogP contribution in [-0.4, -0.2) is 41.5 Å². The second kappa shape index (κ2) is 6.24. The van der Waals surface area contributed by atoms with Crippen molar-refractivity contribution < 1.29 is 22.8 Å². The van der Waals surface area contributed by atoms with Crippen LogP contribution in [0.15, 0.2) is 10.6 Å². The van der Waals surface area contributed by atoms with Crippen LogP contribution in [0, 0.1) is 5.92 Å². The van der Waals surface area contributed by atoms with Crippen molar-refractivity contribution in [1.82, 2.24) is 9.46 Å². The standard InChI is InChI=1S/C15H24N2O5S/c1-10-12(14(18)19)6-5-7-17(10)23(20,21)9-11-8-13(22-16-11)15(2,3)4/h8,10,12H,5-7,9H2,1-4H3,(H,18,19)/t10-,12-/m1/s1. The molecule has 23 heavy (non-hydrogen) atoms. The van der Waals surface area contributed by atoms with E-state index in [1.807, 2.05) is 20.8 Å². The number of carboxylic acids is 1. The number of rotatable bonds is 4. The summed E-state index contributed by atoms with van der Waals surface area (Å²) in [7, 11) is -3.64. The predicted octanol–water partition coefficient (Wildman–Crippen LogP) is 1.99. The summed E-state index contributed by atoms with van der Waals surface area (Å²) >= 11 is 0. The summed E-state index contributed by atoms with van der Waals surface area (Å²) in [6.07, 6.45) is 1.05. The fourth-order valence-electron chi connectivity index (χ4n) is 2.84. The first-order chi connectivity index (χ1) is 10.5. The van der Waals surface area contributed by atoms with E-state index < -0.39 is 28.0 Å². The normalized spacial score (nSPS) is 23.8. The Morgan fingerprint density at radius 3 is 2.65 bits per heavy atom. The van der Waals surface area contributed by atoms with E-state index in [4.69, 9.17) is 4.52 Å². The molecule has 0 amide bonds. The van der Waals surface area contributed by atoms with Gasteiger partial charge in [0.15, 0.2) is 0 Å². The molecule has 1 aliphatic rings. The highest BCUT2D eigenvalue weighted by molar-refractivity contribution is 7.88. The Morgan fingerprint density at radius 1 is 1.48 bits per heavy atom. The number of hydrogen-bond acceptors (Lipinski definition) is 5. The molecule has 0 saturated carbocycles. The number of carboxylic acid groups (broad SMARTS) is 1. The third-order valence-electron chi connectivity index (χ3n) is 4.23. The quantitative estimate of drug-likeness (QED) is 0.896. The number of hydrogen-bond donors (Lipinski definition) is 1. The summed E-state index contributed by atoms with van der Waals surface area (Å²) in [5.41, 5.74) is 0.0986. The molecule has 1 aromatic rings. The molecular weight excluding hydrogens is 320 g/mol. The Hall–Kier alpha value is -1.41. The van der Waals surface area contributed by atoms with Crippen molar-refractivity contribution in [1.29, 1.82) is 0 Å². The maximum absolute atomic E-state index is 12.6. The SMILES string of the molecule is C[C@@H]1[C@H](C(=O)O)CCCN1S(=O)(=O)Cc1cc(C(C)(C)C)on1. The monoisotopic (exact) mass is 344 g/mol. The first-order valence-electron chi connectivity index (χ1n) is 7.71. The molecule has 130 valence electrons. The zero-order valence-electron chi connectivity index (χ0n) is 13.9. The van der Waals surface area contributed by atoms with Crippen molar-refractivity contribution in [3.05, 3.63) is 17.5 Å². The molecule has 1 aliphatic heterocycles. The topological polar surface area (TPSA) is 101 Å². The molecule has 0 bridgehead atoms. The number of sulfonamides is 1. The van der Waals surface area contributed by atoms with Gasteiger partial charge in [-0.25, -0.2) is 8.42 Å². The lowest BCUT2D eigenvalue weighted by Gasteiger charge is -2.36. The number of aliphatic carboxylic acids is 1. The van der Waals surface area contributed by atoms with Gasteiger partial charge in [0.05, 0.1) is 5.92 Å². The smallest absolute Gasteiger partial charge is 0.308 e. The first kappa shape index (κ1) is 17.9. The highest BCUT2D eigenvalue weighted by Gasteiger charge is 2.39. The number of aromatic nitrogens is 1. The fourth-order valence-corrected chi connectivity index (χ4v) is 4.57. The highest BCUT2D eigenvalue weighted by atomic mass is 32.2. The Labute approximate surface area is 136 Å². The predicted molar refractivity (Wildman–Crippen MR) is 84.4 cm³/mol. The maximum atomic E-state index is 12.6. The molecule has 7 nitrogen and oxygen atoms in total. The van der Waals surface area contributed by atoms with Crippen molar-refractivity contribution in [2.45, 2.75) is 57.7 Å². The van der Waals surface area contributed by atoms with Crippen LogP contribution in [0.3, 0.4) is 0 Å². The summed E-state index contributed by atoms with van der Waals surface area (Å²) in [4.78, 5) is 11.3. The largest absolute Gasteiger partial charge is 0.481 e. The maximum Gasteiger partial charge on any atom is 0.308 e. The van der Waals surface area contributed by atoms with Gasteiger partial charge in [-0.1, -0.05) is 25.9 Å². The fraction of sp³-hybridized carbons (Fsp3) is 0.733. The van der Waals surface area contributed by atoms with E-state index in [2.05, 4.69) is 5.16 Å². The van der Waals surface area contributed by atoms with Crippen LogP contribution in [-0.2, 0) is 26.0 Å². The van der Waals surface area contributed by atoms with Gasteiger partial charge in [0, 0.05) is 24.1 Å². The van der Waals surface area contributed by atoms with E-state index in [0.29, 0.717) is 30.8 Å². The number of nitrogens with zero attached hydrogens (tertiary/aromatic N) is 2. The molecule has 0 aliphatic carbocycles. The molecule has 0 unspecified atom stereocenters. The van der Waals surface area contributed by atoms with E-state index >= 15 is 0 Å². The second-order valence-electron chi connectivity index (χ2n) is 7.13. The lowest BCUT2D eigenvalue weighted by molar-refractivity contribution is -0.144. The molecule has 0 spiro atoms. The van der Waals surface area contributed by atoms with Crippen LogP contribution in [0.5, 0.6) is 0 Å². The summed E-state index contributed by atoms with van der Waals surface area (Å²) in [5, 5.41) is 13.1. The summed E-state index contributed by atoms with van der Waals surface area (Å²) in [5.74, 6) is -1.27. The molecule has 2 rings (SSSR count). The van der Waals surface area contributed by atoms with Gasteiger partial charge in [0.1, 0.15) is 17.2 Å². The van der Waals surface area contributed by atoms with Gasteiger partial charge in [0.25, 0.3) is 0 Å². The molecule has 2 atom stereocenters. The van der Waals surface area contributed by atoms with Gasteiger partial charge >= 0.3 is 5.97 Å². The van der Waals surface area contributed by atoms with Crippen molar-refractivity contribution >= 4 is 16.0 Å². The second-order valence-corrected chi connectivity index (χ2v) is 9.05. The Kier molecular flexibility index (Phi) is 4.86. The van der Waals surface area contributed by atoms with Crippen molar-refractivity contribution in [3.8, 4) is 0 Å². The summed E-state index contributed by atoms with van der Waals surface area (Å²) < 4.78 is 31.8. The van der Waals surface area contributed by atoms with Crippen LogP contribution in [0.2, 0.25) is 0 Å².